The molecule has 0 aliphatic carbocycles. The Balaban J connectivity index is 2.84. The molecule has 0 fully saturated rings. The second-order valence-corrected chi connectivity index (χ2v) is 3.86. The highest BCUT2D eigenvalue weighted by molar-refractivity contribution is 5.35. The summed E-state index contributed by atoms with van der Waals surface area (Å²) in [4.78, 5) is 0. The van der Waals surface area contributed by atoms with Crippen LogP contribution in [0.1, 0.15) is 32.3 Å². The summed E-state index contributed by atoms with van der Waals surface area (Å²) < 4.78 is 5.73. The van der Waals surface area contributed by atoms with Gasteiger partial charge in [-0.25, -0.2) is 0 Å². The average Bonchev–Trinajstić information content (AvgIpc) is 2.18. The average molecular weight is 193 g/mol. The molecule has 2 nitrogen and oxygen atoms in total. The first kappa shape index (κ1) is 11.1. The standard InChI is InChI=1S/C12H19NO/c1-9(2)11-6-4-5-7-12(11)14-10(3)8-13/h4-7,9-10H,8,13H2,1-3H3. The maximum Gasteiger partial charge on any atom is 0.123 e. The van der Waals surface area contributed by atoms with Crippen molar-refractivity contribution in [3.05, 3.63) is 29.8 Å². The zero-order chi connectivity index (χ0) is 10.6. The van der Waals surface area contributed by atoms with Gasteiger partial charge in [-0.15, -0.1) is 0 Å². The lowest BCUT2D eigenvalue weighted by molar-refractivity contribution is 0.227. The van der Waals surface area contributed by atoms with E-state index in [0.29, 0.717) is 12.5 Å². The Labute approximate surface area is 86.1 Å². The van der Waals surface area contributed by atoms with Crippen LogP contribution in [0.3, 0.4) is 0 Å². The van der Waals surface area contributed by atoms with Gasteiger partial charge in [-0.3, -0.25) is 0 Å². The van der Waals surface area contributed by atoms with Crippen molar-refractivity contribution >= 4 is 0 Å². The van der Waals surface area contributed by atoms with E-state index < -0.39 is 0 Å². The highest BCUT2D eigenvalue weighted by Gasteiger charge is 2.08. The Hall–Kier alpha value is -1.02. The number of hydrogen-bond donors (Lipinski definition) is 1. The molecule has 0 amide bonds. The lowest BCUT2D eigenvalue weighted by atomic mass is 10.0. The lowest BCUT2D eigenvalue weighted by Gasteiger charge is -2.17. The first-order valence-corrected chi connectivity index (χ1v) is 5.10. The quantitative estimate of drug-likeness (QED) is 0.797. The van der Waals surface area contributed by atoms with Gasteiger partial charge in [0.15, 0.2) is 0 Å². The second-order valence-electron chi connectivity index (χ2n) is 3.86. The molecule has 78 valence electrons. The fourth-order valence-electron chi connectivity index (χ4n) is 1.33. The summed E-state index contributed by atoms with van der Waals surface area (Å²) in [5.74, 6) is 1.44. The van der Waals surface area contributed by atoms with Crippen LogP contribution in [-0.4, -0.2) is 12.6 Å². The molecule has 1 rings (SSSR count). The van der Waals surface area contributed by atoms with Crippen molar-refractivity contribution in [3.8, 4) is 5.75 Å². The van der Waals surface area contributed by atoms with Gasteiger partial charge in [0.25, 0.3) is 0 Å². The Bertz CT molecular complexity index is 283. The Morgan fingerprint density at radius 2 is 1.86 bits per heavy atom. The molecular weight excluding hydrogens is 174 g/mol. The van der Waals surface area contributed by atoms with Crippen LogP contribution in [0.5, 0.6) is 5.75 Å². The molecular formula is C12H19NO. The van der Waals surface area contributed by atoms with E-state index in [9.17, 15) is 0 Å². The fourth-order valence-corrected chi connectivity index (χ4v) is 1.33. The summed E-state index contributed by atoms with van der Waals surface area (Å²) in [6.07, 6.45) is 0.0786. The highest BCUT2D eigenvalue weighted by Crippen LogP contribution is 2.26. The predicted molar refractivity (Wildman–Crippen MR) is 59.7 cm³/mol. The van der Waals surface area contributed by atoms with Crippen molar-refractivity contribution in [1.82, 2.24) is 0 Å². The minimum Gasteiger partial charge on any atom is -0.489 e. The van der Waals surface area contributed by atoms with Crippen LogP contribution < -0.4 is 10.5 Å². The molecule has 1 atom stereocenters. The van der Waals surface area contributed by atoms with Crippen molar-refractivity contribution in [3.63, 3.8) is 0 Å². The van der Waals surface area contributed by atoms with E-state index in [0.717, 1.165) is 5.75 Å². The van der Waals surface area contributed by atoms with Crippen molar-refractivity contribution < 1.29 is 4.74 Å². The van der Waals surface area contributed by atoms with E-state index in [1.165, 1.54) is 5.56 Å². The zero-order valence-electron chi connectivity index (χ0n) is 9.16. The molecule has 0 aliphatic heterocycles. The summed E-state index contributed by atoms with van der Waals surface area (Å²) in [6.45, 7) is 6.86. The summed E-state index contributed by atoms with van der Waals surface area (Å²) >= 11 is 0. The molecule has 14 heavy (non-hydrogen) atoms. The smallest absolute Gasteiger partial charge is 0.123 e. The number of ether oxygens (including phenoxy) is 1. The van der Waals surface area contributed by atoms with Crippen LogP contribution >= 0.6 is 0 Å². The molecule has 0 heterocycles. The normalized spacial score (nSPS) is 12.9. The van der Waals surface area contributed by atoms with Gasteiger partial charge in [-0.1, -0.05) is 32.0 Å². The van der Waals surface area contributed by atoms with Crippen LogP contribution in [-0.2, 0) is 0 Å². The van der Waals surface area contributed by atoms with Crippen LogP contribution in [0, 0.1) is 0 Å². The minimum atomic E-state index is 0.0786. The van der Waals surface area contributed by atoms with Crippen LogP contribution in [0.4, 0.5) is 0 Å². The first-order valence-electron chi connectivity index (χ1n) is 5.10. The maximum absolute atomic E-state index is 5.73. The van der Waals surface area contributed by atoms with Crippen molar-refractivity contribution in [1.29, 1.82) is 0 Å². The van der Waals surface area contributed by atoms with Crippen LogP contribution in [0.25, 0.3) is 0 Å². The molecule has 2 N–H and O–H groups in total. The highest BCUT2D eigenvalue weighted by atomic mass is 16.5. The van der Waals surface area contributed by atoms with Gasteiger partial charge in [-0.2, -0.15) is 0 Å². The number of hydrogen-bond acceptors (Lipinski definition) is 2. The summed E-state index contributed by atoms with van der Waals surface area (Å²) in [5.41, 5.74) is 6.76. The van der Waals surface area contributed by atoms with Gasteiger partial charge >= 0.3 is 0 Å². The third-order valence-corrected chi connectivity index (χ3v) is 2.20. The molecule has 0 saturated carbocycles. The molecule has 0 saturated heterocycles. The first-order chi connectivity index (χ1) is 6.65. The molecule has 0 aliphatic rings. The largest absolute Gasteiger partial charge is 0.489 e. The third-order valence-electron chi connectivity index (χ3n) is 2.20. The number of para-hydroxylation sites is 1. The van der Waals surface area contributed by atoms with Crippen LogP contribution in [0.15, 0.2) is 24.3 Å². The Morgan fingerprint density at radius 1 is 1.21 bits per heavy atom. The fraction of sp³-hybridized carbons (Fsp3) is 0.500. The van der Waals surface area contributed by atoms with E-state index in [4.69, 9.17) is 10.5 Å². The van der Waals surface area contributed by atoms with Crippen molar-refractivity contribution in [2.24, 2.45) is 5.73 Å². The SMILES string of the molecule is CC(CN)Oc1ccccc1C(C)C. The molecule has 0 spiro atoms. The molecule has 2 heteroatoms. The molecule has 1 aromatic carbocycles. The predicted octanol–water partition coefficient (Wildman–Crippen LogP) is 2.54. The third kappa shape index (κ3) is 2.74. The molecule has 0 aromatic heterocycles. The van der Waals surface area contributed by atoms with Gasteiger partial charge in [0, 0.05) is 6.54 Å². The van der Waals surface area contributed by atoms with Crippen molar-refractivity contribution in [2.45, 2.75) is 32.8 Å². The zero-order valence-corrected chi connectivity index (χ0v) is 9.16. The Morgan fingerprint density at radius 3 is 2.43 bits per heavy atom. The summed E-state index contributed by atoms with van der Waals surface area (Å²) in [7, 11) is 0. The number of rotatable bonds is 4. The van der Waals surface area contributed by atoms with E-state index in [2.05, 4.69) is 19.9 Å². The molecule has 0 radical (unpaired) electrons. The monoisotopic (exact) mass is 193 g/mol. The van der Waals surface area contributed by atoms with E-state index in [1.807, 2.05) is 25.1 Å². The van der Waals surface area contributed by atoms with Gasteiger partial charge in [0.2, 0.25) is 0 Å². The molecule has 1 aromatic rings. The van der Waals surface area contributed by atoms with Crippen LogP contribution in [0.2, 0.25) is 0 Å². The molecule has 1 unspecified atom stereocenters. The van der Waals surface area contributed by atoms with Gasteiger partial charge < -0.3 is 10.5 Å². The van der Waals surface area contributed by atoms with Gasteiger partial charge in [-0.05, 0) is 24.5 Å². The summed E-state index contributed by atoms with van der Waals surface area (Å²) in [5, 5.41) is 0. The van der Waals surface area contributed by atoms with E-state index in [-0.39, 0.29) is 6.10 Å². The number of benzene rings is 1. The maximum atomic E-state index is 5.73. The summed E-state index contributed by atoms with van der Waals surface area (Å²) in [6, 6.07) is 8.13. The molecule has 0 bridgehead atoms. The van der Waals surface area contributed by atoms with Crippen molar-refractivity contribution in [2.75, 3.05) is 6.54 Å². The van der Waals surface area contributed by atoms with Gasteiger partial charge in [0.1, 0.15) is 11.9 Å². The van der Waals surface area contributed by atoms with E-state index in [1.54, 1.807) is 0 Å². The minimum absolute atomic E-state index is 0.0786. The number of nitrogens with two attached hydrogens (primary N) is 1. The topological polar surface area (TPSA) is 35.2 Å². The second kappa shape index (κ2) is 5.01. The van der Waals surface area contributed by atoms with Gasteiger partial charge in [0.05, 0.1) is 0 Å². The van der Waals surface area contributed by atoms with E-state index >= 15 is 0 Å². The Kier molecular flexibility index (Phi) is 3.96. The lowest BCUT2D eigenvalue weighted by Crippen LogP contribution is -2.23.